The number of ketones is 1. The fourth-order valence-corrected chi connectivity index (χ4v) is 9.45. The summed E-state index contributed by atoms with van der Waals surface area (Å²) in [5.74, 6) is -1.74. The van der Waals surface area contributed by atoms with Crippen LogP contribution < -0.4 is 21.3 Å². The zero-order valence-corrected chi connectivity index (χ0v) is 29.1. The Bertz CT molecular complexity index is 1300. The molecule has 0 unspecified atom stereocenters. The Morgan fingerprint density at radius 1 is 0.830 bits per heavy atom. The number of rotatable bonds is 14. The molecule has 5 aliphatic rings. The minimum absolute atomic E-state index is 0.0244. The van der Waals surface area contributed by atoms with Crippen LogP contribution in [0.3, 0.4) is 0 Å². The summed E-state index contributed by atoms with van der Waals surface area (Å²) in [5, 5.41) is 11.6. The van der Waals surface area contributed by atoms with E-state index in [1.165, 1.54) is 6.26 Å². The van der Waals surface area contributed by atoms with Crippen LogP contribution in [0.1, 0.15) is 122 Å². The summed E-state index contributed by atoms with van der Waals surface area (Å²) in [6.45, 7) is 2.35. The van der Waals surface area contributed by atoms with Crippen LogP contribution in [0.5, 0.6) is 0 Å². The largest absolute Gasteiger partial charge is 0.347 e. The number of nitrogens with one attached hydrogen (secondary N) is 4. The molecule has 0 aromatic rings. The number of amides is 5. The van der Waals surface area contributed by atoms with Gasteiger partial charge in [-0.1, -0.05) is 58.3 Å². The molecular formula is C34H55N5O7S. The van der Waals surface area contributed by atoms with Gasteiger partial charge in [-0.05, 0) is 75.5 Å². The van der Waals surface area contributed by atoms with E-state index in [-0.39, 0.29) is 17.7 Å². The summed E-state index contributed by atoms with van der Waals surface area (Å²) >= 11 is 0. The van der Waals surface area contributed by atoms with Gasteiger partial charge in [-0.15, -0.1) is 0 Å². The van der Waals surface area contributed by atoms with Gasteiger partial charge in [0.1, 0.15) is 21.9 Å². The average molecular weight is 678 g/mol. The Balaban J connectivity index is 1.31. The summed E-state index contributed by atoms with van der Waals surface area (Å²) in [6.07, 6.45) is 15.2. The number of hydrogen-bond donors (Lipinski definition) is 4. The van der Waals surface area contributed by atoms with Crippen molar-refractivity contribution in [2.24, 2.45) is 11.3 Å². The molecule has 5 fully saturated rings. The van der Waals surface area contributed by atoms with Crippen molar-refractivity contribution >= 4 is 39.4 Å². The van der Waals surface area contributed by atoms with Gasteiger partial charge < -0.3 is 26.2 Å². The van der Waals surface area contributed by atoms with Crippen LogP contribution in [0.4, 0.5) is 4.79 Å². The summed E-state index contributed by atoms with van der Waals surface area (Å²) in [7, 11) is -3.38. The molecule has 4 N–H and O–H groups in total. The van der Waals surface area contributed by atoms with Crippen LogP contribution in [-0.4, -0.2) is 91.1 Å². The van der Waals surface area contributed by atoms with Gasteiger partial charge in [0.2, 0.25) is 17.6 Å². The fourth-order valence-electron chi connectivity index (χ4n) is 8.08. The highest BCUT2D eigenvalue weighted by molar-refractivity contribution is 7.90. The maximum atomic E-state index is 14.5. The molecule has 1 saturated heterocycles. The Labute approximate surface area is 279 Å². The number of carbonyl (C=O) groups is 5. The second kappa shape index (κ2) is 14.8. The van der Waals surface area contributed by atoms with Gasteiger partial charge in [0.15, 0.2) is 0 Å². The van der Waals surface area contributed by atoms with Gasteiger partial charge in [0.25, 0.3) is 5.91 Å². The smallest absolute Gasteiger partial charge is 0.315 e. The van der Waals surface area contributed by atoms with Crippen molar-refractivity contribution in [3.8, 4) is 0 Å². The summed E-state index contributed by atoms with van der Waals surface area (Å²) < 4.78 is 24.7. The lowest BCUT2D eigenvalue weighted by Gasteiger charge is -2.43. The zero-order valence-electron chi connectivity index (χ0n) is 28.2. The third-order valence-electron chi connectivity index (χ3n) is 11.1. The normalized spacial score (nSPS) is 25.2. The van der Waals surface area contributed by atoms with E-state index in [1.54, 1.807) is 4.90 Å². The van der Waals surface area contributed by atoms with Crippen molar-refractivity contribution in [1.82, 2.24) is 26.2 Å². The van der Waals surface area contributed by atoms with Crippen LogP contribution in [0.2, 0.25) is 0 Å². The van der Waals surface area contributed by atoms with Gasteiger partial charge in [0, 0.05) is 18.8 Å². The van der Waals surface area contributed by atoms with Gasteiger partial charge in [-0.2, -0.15) is 0 Å². The van der Waals surface area contributed by atoms with Gasteiger partial charge in [-0.3, -0.25) is 19.2 Å². The SMILES string of the molecule is CC1([C@H](NC(=O)NC2(CS(C)(=O)=O)CCCCC2)C(=O)N2CCC[C@H]2C(=O)N[C@@H](CCC2CC2)C(=O)C(=O)NC2CC2)CCCCC1. The molecule has 12 nitrogen and oxygen atoms in total. The van der Waals surface area contributed by atoms with E-state index in [1.807, 2.05) is 6.92 Å². The van der Waals surface area contributed by atoms with Crippen LogP contribution >= 0.6 is 0 Å². The highest BCUT2D eigenvalue weighted by Gasteiger charge is 2.47. The van der Waals surface area contributed by atoms with E-state index < -0.39 is 62.5 Å². The van der Waals surface area contributed by atoms with E-state index in [9.17, 15) is 32.4 Å². The molecule has 4 aliphatic carbocycles. The number of sulfone groups is 1. The Morgan fingerprint density at radius 2 is 1.47 bits per heavy atom. The van der Waals surface area contributed by atoms with Crippen LogP contribution in [0, 0.1) is 11.3 Å². The fraction of sp³-hybridized carbons (Fsp3) is 0.853. The first-order valence-electron chi connectivity index (χ1n) is 18.0. The predicted octanol–water partition coefficient (Wildman–Crippen LogP) is 2.89. The second-order valence-corrected chi connectivity index (χ2v) is 17.7. The van der Waals surface area contributed by atoms with E-state index in [4.69, 9.17) is 0 Å². The quantitative estimate of drug-likeness (QED) is 0.205. The van der Waals surface area contributed by atoms with Crippen molar-refractivity contribution in [2.75, 3.05) is 18.6 Å². The standard InChI is InChI=1S/C34H55N5O7S/c1-33(17-5-3-6-18-33)28(37-32(44)38-34(22-47(2,45)46)19-7-4-8-20-34)31(43)39-21-9-10-26(39)29(41)36-25(16-13-23-11-12-23)27(40)30(42)35-24-14-15-24/h23-26,28H,3-22H2,1-2H3,(H,35,42)(H,36,41)(H2,37,38,44)/t25-,26-,28+/m0/s1. The minimum Gasteiger partial charge on any atom is -0.347 e. The number of carbonyl (C=O) groups excluding carboxylic acids is 5. The molecular weight excluding hydrogens is 622 g/mol. The zero-order chi connectivity index (χ0) is 33.8. The molecule has 47 heavy (non-hydrogen) atoms. The molecule has 0 radical (unpaired) electrons. The molecule has 4 saturated carbocycles. The van der Waals surface area contributed by atoms with Gasteiger partial charge in [0.05, 0.1) is 17.3 Å². The lowest BCUT2D eigenvalue weighted by atomic mass is 9.70. The molecule has 5 amide bonds. The first kappa shape index (κ1) is 35.6. The van der Waals surface area contributed by atoms with Crippen molar-refractivity contribution in [1.29, 1.82) is 0 Å². The molecule has 1 heterocycles. The van der Waals surface area contributed by atoms with Crippen LogP contribution in [0.25, 0.3) is 0 Å². The van der Waals surface area contributed by atoms with Crippen molar-refractivity contribution in [2.45, 2.75) is 152 Å². The summed E-state index contributed by atoms with van der Waals surface area (Å²) in [4.78, 5) is 69.3. The highest BCUT2D eigenvalue weighted by Crippen LogP contribution is 2.40. The van der Waals surface area contributed by atoms with Gasteiger partial charge >= 0.3 is 6.03 Å². The lowest BCUT2D eigenvalue weighted by Crippen LogP contribution is -2.64. The highest BCUT2D eigenvalue weighted by atomic mass is 32.2. The predicted molar refractivity (Wildman–Crippen MR) is 177 cm³/mol. The molecule has 13 heteroatoms. The number of hydrogen-bond acceptors (Lipinski definition) is 7. The summed E-state index contributed by atoms with van der Waals surface area (Å²) in [5.41, 5.74) is -1.43. The topological polar surface area (TPSA) is 171 Å². The monoisotopic (exact) mass is 677 g/mol. The molecule has 0 bridgehead atoms. The molecule has 0 spiro atoms. The Kier molecular flexibility index (Phi) is 11.2. The maximum absolute atomic E-state index is 14.5. The number of nitrogens with zero attached hydrogens (tertiary/aromatic N) is 1. The maximum Gasteiger partial charge on any atom is 0.315 e. The van der Waals surface area contributed by atoms with Crippen molar-refractivity contribution in [3.05, 3.63) is 0 Å². The molecule has 3 atom stereocenters. The van der Waals surface area contributed by atoms with Crippen molar-refractivity contribution in [3.63, 3.8) is 0 Å². The van der Waals surface area contributed by atoms with E-state index in [0.717, 1.165) is 83.5 Å². The first-order valence-corrected chi connectivity index (χ1v) is 20.1. The first-order chi connectivity index (χ1) is 22.3. The molecule has 5 rings (SSSR count). The Morgan fingerprint density at radius 3 is 2.06 bits per heavy atom. The van der Waals surface area contributed by atoms with Gasteiger partial charge in [-0.25, -0.2) is 13.2 Å². The molecule has 264 valence electrons. The van der Waals surface area contributed by atoms with Crippen LogP contribution in [0.15, 0.2) is 0 Å². The summed E-state index contributed by atoms with van der Waals surface area (Å²) in [6, 6.07) is -3.22. The number of likely N-dealkylation sites (tertiary alicyclic amines) is 1. The van der Waals surface area contributed by atoms with E-state index in [0.29, 0.717) is 44.6 Å². The van der Waals surface area contributed by atoms with Crippen molar-refractivity contribution < 1.29 is 32.4 Å². The number of urea groups is 1. The second-order valence-electron chi connectivity index (χ2n) is 15.5. The number of Topliss-reactive ketones (excluding diaryl/α,β-unsaturated/α-hetero) is 1. The molecule has 0 aromatic heterocycles. The Hall–Kier alpha value is -2.70. The average Bonchev–Trinajstić information content (AvgIpc) is 3.95. The molecule has 0 aromatic carbocycles. The minimum atomic E-state index is -3.38. The third-order valence-corrected chi connectivity index (χ3v) is 12.2. The van der Waals surface area contributed by atoms with E-state index >= 15 is 0 Å². The third kappa shape index (κ3) is 9.69. The lowest BCUT2D eigenvalue weighted by molar-refractivity contribution is -0.144. The van der Waals surface area contributed by atoms with E-state index in [2.05, 4.69) is 21.3 Å². The molecule has 1 aliphatic heterocycles. The van der Waals surface area contributed by atoms with Crippen LogP contribution in [-0.2, 0) is 29.0 Å².